The molecule has 4 unspecified atom stereocenters. The first kappa shape index (κ1) is 11.5. The summed E-state index contributed by atoms with van der Waals surface area (Å²) < 4.78 is 11.8. The van der Waals surface area contributed by atoms with Crippen molar-refractivity contribution >= 4 is 7.85 Å². The Balaban J connectivity index is 2.21. The molecule has 2 rings (SSSR count). The SMILES string of the molecule is [B]C1OC2(CC(C)C)COC1C2C(C)C. The van der Waals surface area contributed by atoms with Gasteiger partial charge in [0.05, 0.1) is 18.3 Å². The van der Waals surface area contributed by atoms with E-state index in [1.165, 1.54) is 0 Å². The minimum Gasteiger partial charge on any atom is -0.376 e. The molecule has 0 aromatic carbocycles. The summed E-state index contributed by atoms with van der Waals surface area (Å²) in [4.78, 5) is 0. The van der Waals surface area contributed by atoms with Crippen LogP contribution in [0.5, 0.6) is 0 Å². The molecule has 2 heterocycles. The maximum absolute atomic E-state index is 5.99. The van der Waals surface area contributed by atoms with Crippen molar-refractivity contribution in [3.63, 3.8) is 0 Å². The first-order valence-corrected chi connectivity index (χ1v) is 6.01. The monoisotopic (exact) mass is 208 g/mol. The van der Waals surface area contributed by atoms with E-state index in [-0.39, 0.29) is 17.7 Å². The number of rotatable bonds is 3. The molecule has 15 heavy (non-hydrogen) atoms. The van der Waals surface area contributed by atoms with Gasteiger partial charge in [0.25, 0.3) is 0 Å². The van der Waals surface area contributed by atoms with Crippen LogP contribution in [0.3, 0.4) is 0 Å². The van der Waals surface area contributed by atoms with Crippen molar-refractivity contribution < 1.29 is 9.47 Å². The van der Waals surface area contributed by atoms with E-state index >= 15 is 0 Å². The zero-order valence-corrected chi connectivity index (χ0v) is 10.2. The van der Waals surface area contributed by atoms with Gasteiger partial charge in [-0.15, -0.1) is 0 Å². The summed E-state index contributed by atoms with van der Waals surface area (Å²) in [5, 5.41) is 0. The smallest absolute Gasteiger partial charge is 0.112 e. The standard InChI is InChI=1S/C12H21BO2/c1-7(2)5-12-6-14-10(11(13)15-12)9(12)8(3)4/h7-11H,5-6H2,1-4H3. The number of hydrogen-bond donors (Lipinski definition) is 0. The largest absolute Gasteiger partial charge is 0.376 e. The summed E-state index contributed by atoms with van der Waals surface area (Å²) in [6.07, 6.45) is 1.17. The van der Waals surface area contributed by atoms with Gasteiger partial charge in [-0.25, -0.2) is 0 Å². The highest BCUT2D eigenvalue weighted by Crippen LogP contribution is 2.50. The topological polar surface area (TPSA) is 18.5 Å². The van der Waals surface area contributed by atoms with E-state index in [1.54, 1.807) is 0 Å². The molecule has 4 atom stereocenters. The van der Waals surface area contributed by atoms with Crippen molar-refractivity contribution in [1.82, 2.24) is 0 Å². The van der Waals surface area contributed by atoms with E-state index < -0.39 is 0 Å². The second-order valence-corrected chi connectivity index (χ2v) is 5.79. The van der Waals surface area contributed by atoms with Gasteiger partial charge >= 0.3 is 0 Å². The fourth-order valence-electron chi connectivity index (χ4n) is 3.41. The Morgan fingerprint density at radius 3 is 2.47 bits per heavy atom. The fraction of sp³-hybridized carbons (Fsp3) is 1.00. The molecule has 2 fully saturated rings. The van der Waals surface area contributed by atoms with Gasteiger partial charge in [0.15, 0.2) is 0 Å². The third-order valence-electron chi connectivity index (χ3n) is 3.65. The average molecular weight is 208 g/mol. The Labute approximate surface area is 94.1 Å². The van der Waals surface area contributed by atoms with Crippen LogP contribution >= 0.6 is 0 Å². The maximum Gasteiger partial charge on any atom is 0.112 e. The summed E-state index contributed by atoms with van der Waals surface area (Å²) in [6, 6.07) is -0.218. The van der Waals surface area contributed by atoms with E-state index in [1.807, 2.05) is 0 Å². The maximum atomic E-state index is 5.99. The zero-order chi connectivity index (χ0) is 11.2. The molecule has 0 aromatic heterocycles. The average Bonchev–Trinajstić information content (AvgIpc) is 2.53. The van der Waals surface area contributed by atoms with Crippen LogP contribution < -0.4 is 0 Å². The van der Waals surface area contributed by atoms with E-state index in [0.29, 0.717) is 17.8 Å². The van der Waals surface area contributed by atoms with Gasteiger partial charge in [-0.05, 0) is 18.3 Å². The van der Waals surface area contributed by atoms with Crippen molar-refractivity contribution in [2.45, 2.75) is 51.8 Å². The van der Waals surface area contributed by atoms with Gasteiger partial charge in [0.1, 0.15) is 7.85 Å². The summed E-state index contributed by atoms with van der Waals surface area (Å²) in [7, 11) is 5.96. The third kappa shape index (κ3) is 1.74. The van der Waals surface area contributed by atoms with Gasteiger partial charge in [-0.3, -0.25) is 0 Å². The minimum absolute atomic E-state index is 0.105. The van der Waals surface area contributed by atoms with Crippen molar-refractivity contribution in [2.75, 3.05) is 6.61 Å². The minimum atomic E-state index is -0.218. The molecule has 2 aliphatic heterocycles. The predicted octanol–water partition coefficient (Wildman–Crippen LogP) is 1.97. The molecule has 3 heteroatoms. The molecule has 2 radical (unpaired) electrons. The first-order chi connectivity index (χ1) is 6.96. The first-order valence-electron chi connectivity index (χ1n) is 6.01. The van der Waals surface area contributed by atoms with Gasteiger partial charge in [0, 0.05) is 11.9 Å². The Hall–Kier alpha value is -0.0151. The lowest BCUT2D eigenvalue weighted by molar-refractivity contribution is -0.122. The highest BCUT2D eigenvalue weighted by molar-refractivity contribution is 6.11. The molecule has 0 saturated carbocycles. The molecular weight excluding hydrogens is 187 g/mol. The normalized spacial score (nSPS) is 44.5. The summed E-state index contributed by atoms with van der Waals surface area (Å²) in [5.74, 6) is 1.67. The predicted molar refractivity (Wildman–Crippen MR) is 60.9 cm³/mol. The highest BCUT2D eigenvalue weighted by atomic mass is 16.6. The van der Waals surface area contributed by atoms with Crippen LogP contribution in [0.25, 0.3) is 0 Å². The van der Waals surface area contributed by atoms with Gasteiger partial charge in [0.2, 0.25) is 0 Å². The summed E-state index contributed by atoms with van der Waals surface area (Å²) in [5.41, 5.74) is -0.105. The lowest BCUT2D eigenvalue weighted by Gasteiger charge is -2.34. The molecule has 2 aliphatic rings. The molecular formula is C12H21BO2. The Morgan fingerprint density at radius 1 is 1.33 bits per heavy atom. The number of hydrogen-bond acceptors (Lipinski definition) is 2. The summed E-state index contributed by atoms with van der Waals surface area (Å²) in [6.45, 7) is 9.66. The number of ether oxygens (including phenoxy) is 2. The van der Waals surface area contributed by atoms with Gasteiger partial charge < -0.3 is 9.47 Å². The molecule has 84 valence electrons. The molecule has 2 bridgehead atoms. The van der Waals surface area contributed by atoms with Crippen molar-refractivity contribution in [3.8, 4) is 0 Å². The molecule has 0 aliphatic carbocycles. The second-order valence-electron chi connectivity index (χ2n) is 5.79. The Morgan fingerprint density at radius 2 is 2.00 bits per heavy atom. The van der Waals surface area contributed by atoms with E-state index in [2.05, 4.69) is 27.7 Å². The van der Waals surface area contributed by atoms with Crippen molar-refractivity contribution in [1.29, 1.82) is 0 Å². The lowest BCUT2D eigenvalue weighted by Crippen LogP contribution is -2.41. The van der Waals surface area contributed by atoms with Crippen LogP contribution in [0.15, 0.2) is 0 Å². The van der Waals surface area contributed by atoms with E-state index in [9.17, 15) is 0 Å². The zero-order valence-electron chi connectivity index (χ0n) is 10.2. The highest BCUT2D eigenvalue weighted by Gasteiger charge is 2.59. The quantitative estimate of drug-likeness (QED) is 0.660. The number of fused-ring (bicyclic) bond motifs is 2. The molecule has 2 nitrogen and oxygen atoms in total. The van der Waals surface area contributed by atoms with Crippen LogP contribution in [-0.4, -0.2) is 32.2 Å². The molecule has 0 amide bonds. The summed E-state index contributed by atoms with van der Waals surface area (Å²) >= 11 is 0. The second kappa shape index (κ2) is 3.78. The lowest BCUT2D eigenvalue weighted by atomic mass is 9.74. The third-order valence-corrected chi connectivity index (χ3v) is 3.65. The molecule has 0 N–H and O–H groups in total. The Bertz CT molecular complexity index is 242. The molecule has 0 aromatic rings. The fourth-order valence-corrected chi connectivity index (χ4v) is 3.41. The van der Waals surface area contributed by atoms with Crippen molar-refractivity contribution in [3.05, 3.63) is 0 Å². The van der Waals surface area contributed by atoms with E-state index in [0.717, 1.165) is 13.0 Å². The molecule has 2 saturated heterocycles. The van der Waals surface area contributed by atoms with Crippen LogP contribution in [0.4, 0.5) is 0 Å². The van der Waals surface area contributed by atoms with Crippen molar-refractivity contribution in [2.24, 2.45) is 17.8 Å². The van der Waals surface area contributed by atoms with Crippen LogP contribution in [0.2, 0.25) is 0 Å². The van der Waals surface area contributed by atoms with Gasteiger partial charge in [-0.2, -0.15) is 0 Å². The Kier molecular flexibility index (Phi) is 2.89. The van der Waals surface area contributed by atoms with Crippen LogP contribution in [0, 0.1) is 17.8 Å². The molecule has 0 spiro atoms. The van der Waals surface area contributed by atoms with Crippen LogP contribution in [-0.2, 0) is 9.47 Å². The van der Waals surface area contributed by atoms with Gasteiger partial charge in [-0.1, -0.05) is 27.7 Å². The van der Waals surface area contributed by atoms with E-state index in [4.69, 9.17) is 17.3 Å². The van der Waals surface area contributed by atoms with Crippen LogP contribution in [0.1, 0.15) is 34.1 Å².